The summed E-state index contributed by atoms with van der Waals surface area (Å²) in [4.78, 5) is 16.7. The van der Waals surface area contributed by atoms with E-state index in [-0.39, 0.29) is 11.7 Å². The SMILES string of the molecule is Cc1cc(/C=N\NC(=O)CSc2nc3ccccc3s2)c(C)n1-c1ccc(Cl)c(Cl)c1. The molecule has 4 rings (SSSR count). The normalized spacial score (nSPS) is 11.5. The zero-order valence-corrected chi connectivity index (χ0v) is 19.9. The van der Waals surface area contributed by atoms with Crippen LogP contribution in [0.15, 0.2) is 58.0 Å². The maximum absolute atomic E-state index is 12.2. The molecule has 158 valence electrons. The molecule has 2 aromatic carbocycles. The van der Waals surface area contributed by atoms with Crippen molar-refractivity contribution in [3.05, 3.63) is 75.5 Å². The van der Waals surface area contributed by atoms with Crippen molar-refractivity contribution < 1.29 is 4.79 Å². The highest BCUT2D eigenvalue weighted by molar-refractivity contribution is 8.01. The van der Waals surface area contributed by atoms with Crippen molar-refractivity contribution in [2.24, 2.45) is 5.10 Å². The molecule has 2 aromatic heterocycles. The third-order valence-corrected chi connectivity index (χ3v) is 7.54. The number of halogens is 2. The van der Waals surface area contributed by atoms with E-state index in [2.05, 4.69) is 20.1 Å². The highest BCUT2D eigenvalue weighted by atomic mass is 35.5. The Labute approximate surface area is 198 Å². The summed E-state index contributed by atoms with van der Waals surface area (Å²) in [5.41, 5.74) is 7.37. The van der Waals surface area contributed by atoms with Crippen LogP contribution in [0, 0.1) is 13.8 Å². The van der Waals surface area contributed by atoms with E-state index in [4.69, 9.17) is 23.2 Å². The molecule has 4 aromatic rings. The predicted molar refractivity (Wildman–Crippen MR) is 131 cm³/mol. The van der Waals surface area contributed by atoms with E-state index >= 15 is 0 Å². The number of carbonyl (C=O) groups excluding carboxylic acids is 1. The fourth-order valence-electron chi connectivity index (χ4n) is 3.19. The lowest BCUT2D eigenvalue weighted by Gasteiger charge is -2.10. The van der Waals surface area contributed by atoms with E-state index in [1.807, 2.05) is 56.3 Å². The second kappa shape index (κ2) is 9.44. The number of nitrogens with zero attached hydrogens (tertiary/aromatic N) is 3. The topological polar surface area (TPSA) is 59.3 Å². The van der Waals surface area contributed by atoms with Crippen LogP contribution >= 0.6 is 46.3 Å². The lowest BCUT2D eigenvalue weighted by molar-refractivity contribution is -0.118. The molecule has 0 radical (unpaired) electrons. The number of fused-ring (bicyclic) bond motifs is 1. The van der Waals surface area contributed by atoms with Gasteiger partial charge in [-0.15, -0.1) is 11.3 Å². The molecular formula is C22H18Cl2N4OS2. The molecule has 0 saturated heterocycles. The van der Waals surface area contributed by atoms with E-state index in [9.17, 15) is 4.79 Å². The van der Waals surface area contributed by atoms with Crippen molar-refractivity contribution in [1.29, 1.82) is 0 Å². The van der Waals surface area contributed by atoms with E-state index in [0.29, 0.717) is 10.0 Å². The number of thioether (sulfide) groups is 1. The molecule has 0 aliphatic carbocycles. The predicted octanol–water partition coefficient (Wildman–Crippen LogP) is 6.25. The van der Waals surface area contributed by atoms with E-state index in [0.717, 1.165) is 37.2 Å². The molecule has 5 nitrogen and oxygen atoms in total. The van der Waals surface area contributed by atoms with E-state index < -0.39 is 0 Å². The van der Waals surface area contributed by atoms with Gasteiger partial charge in [-0.2, -0.15) is 5.10 Å². The van der Waals surface area contributed by atoms with Crippen LogP contribution in [-0.2, 0) is 4.79 Å². The Morgan fingerprint density at radius 2 is 2.00 bits per heavy atom. The van der Waals surface area contributed by atoms with Crippen LogP contribution in [0.1, 0.15) is 17.0 Å². The van der Waals surface area contributed by atoms with Crippen molar-refractivity contribution in [3.8, 4) is 5.69 Å². The second-order valence-corrected chi connectivity index (χ2v) is 9.86. The van der Waals surface area contributed by atoms with Crippen LogP contribution in [0.2, 0.25) is 10.0 Å². The van der Waals surface area contributed by atoms with Gasteiger partial charge in [0.1, 0.15) is 0 Å². The standard InChI is InChI=1S/C22H18Cl2N4OS2/c1-13-9-15(14(2)28(13)16-7-8-17(23)18(24)10-16)11-25-27-21(29)12-30-22-26-19-5-3-4-6-20(19)31-22/h3-11H,12H2,1-2H3,(H,27,29)/b25-11-. The molecular weight excluding hydrogens is 471 g/mol. The average molecular weight is 489 g/mol. The Hall–Kier alpha value is -2.32. The molecule has 0 unspecified atom stereocenters. The number of amides is 1. The fourth-order valence-corrected chi connectivity index (χ4v) is 5.34. The van der Waals surface area contributed by atoms with Gasteiger partial charge >= 0.3 is 0 Å². The summed E-state index contributed by atoms with van der Waals surface area (Å²) in [5.74, 6) is 0.0678. The van der Waals surface area contributed by atoms with Crippen molar-refractivity contribution in [3.63, 3.8) is 0 Å². The van der Waals surface area contributed by atoms with Crippen LogP contribution in [0.25, 0.3) is 15.9 Å². The van der Waals surface area contributed by atoms with Gasteiger partial charge in [0.15, 0.2) is 4.34 Å². The van der Waals surface area contributed by atoms with Crippen molar-refractivity contribution >= 4 is 68.6 Å². The van der Waals surface area contributed by atoms with Gasteiger partial charge in [-0.1, -0.05) is 47.1 Å². The average Bonchev–Trinajstić information content (AvgIpc) is 3.29. The van der Waals surface area contributed by atoms with Crippen molar-refractivity contribution in [1.82, 2.24) is 15.0 Å². The van der Waals surface area contributed by atoms with Gasteiger partial charge in [-0.05, 0) is 50.2 Å². The Morgan fingerprint density at radius 3 is 2.77 bits per heavy atom. The Morgan fingerprint density at radius 1 is 1.19 bits per heavy atom. The van der Waals surface area contributed by atoms with Gasteiger partial charge in [0.25, 0.3) is 5.91 Å². The van der Waals surface area contributed by atoms with E-state index in [1.165, 1.54) is 11.8 Å². The molecule has 0 saturated carbocycles. The number of para-hydroxylation sites is 1. The van der Waals surface area contributed by atoms with Gasteiger partial charge in [-0.3, -0.25) is 4.79 Å². The molecule has 1 amide bonds. The van der Waals surface area contributed by atoms with E-state index in [1.54, 1.807) is 23.6 Å². The third kappa shape index (κ3) is 4.96. The third-order valence-electron chi connectivity index (χ3n) is 4.63. The number of carbonyl (C=O) groups is 1. The van der Waals surface area contributed by atoms with Crippen molar-refractivity contribution in [2.45, 2.75) is 18.2 Å². The molecule has 9 heteroatoms. The number of benzene rings is 2. The molecule has 0 aliphatic rings. The fraction of sp³-hybridized carbons (Fsp3) is 0.136. The maximum atomic E-state index is 12.2. The Balaban J connectivity index is 1.39. The van der Waals surface area contributed by atoms with Crippen LogP contribution < -0.4 is 5.43 Å². The van der Waals surface area contributed by atoms with Gasteiger partial charge in [0.2, 0.25) is 0 Å². The van der Waals surface area contributed by atoms with Crippen LogP contribution in [-0.4, -0.2) is 27.4 Å². The van der Waals surface area contributed by atoms with Crippen LogP contribution in [0.3, 0.4) is 0 Å². The van der Waals surface area contributed by atoms with Gasteiger partial charge in [-0.25, -0.2) is 10.4 Å². The lowest BCUT2D eigenvalue weighted by Crippen LogP contribution is -2.19. The van der Waals surface area contributed by atoms with Gasteiger partial charge in [0.05, 0.1) is 32.2 Å². The van der Waals surface area contributed by atoms with Gasteiger partial charge in [0, 0.05) is 22.6 Å². The first-order valence-corrected chi connectivity index (χ1v) is 11.9. The summed E-state index contributed by atoms with van der Waals surface area (Å²) in [7, 11) is 0. The molecule has 0 aliphatic heterocycles. The molecule has 1 N–H and O–H groups in total. The van der Waals surface area contributed by atoms with Crippen LogP contribution in [0.5, 0.6) is 0 Å². The zero-order valence-electron chi connectivity index (χ0n) is 16.7. The number of rotatable bonds is 6. The smallest absolute Gasteiger partial charge is 0.250 e. The second-order valence-electron chi connectivity index (χ2n) is 6.79. The molecule has 31 heavy (non-hydrogen) atoms. The zero-order chi connectivity index (χ0) is 22.0. The highest BCUT2D eigenvalue weighted by Gasteiger charge is 2.11. The minimum atomic E-state index is -0.182. The quantitative estimate of drug-likeness (QED) is 0.198. The molecule has 2 heterocycles. The first-order valence-electron chi connectivity index (χ1n) is 9.37. The largest absolute Gasteiger partial charge is 0.318 e. The van der Waals surface area contributed by atoms with Crippen molar-refractivity contribution in [2.75, 3.05) is 5.75 Å². The first-order chi connectivity index (χ1) is 14.9. The van der Waals surface area contributed by atoms with Gasteiger partial charge < -0.3 is 4.57 Å². The number of hydrazone groups is 1. The lowest BCUT2D eigenvalue weighted by atomic mass is 10.2. The molecule has 0 spiro atoms. The number of thiazole rings is 1. The van der Waals surface area contributed by atoms with Crippen LogP contribution in [0.4, 0.5) is 0 Å². The number of aryl methyl sites for hydroxylation is 1. The number of nitrogens with one attached hydrogen (secondary N) is 1. The maximum Gasteiger partial charge on any atom is 0.250 e. The Bertz CT molecular complexity index is 1260. The Kier molecular flexibility index (Phi) is 6.67. The highest BCUT2D eigenvalue weighted by Crippen LogP contribution is 2.29. The molecule has 0 bridgehead atoms. The summed E-state index contributed by atoms with van der Waals surface area (Å²) in [6, 6.07) is 15.4. The molecule has 0 fully saturated rings. The summed E-state index contributed by atoms with van der Waals surface area (Å²) in [5, 5.41) is 5.14. The minimum Gasteiger partial charge on any atom is -0.318 e. The summed E-state index contributed by atoms with van der Waals surface area (Å²) in [6.07, 6.45) is 1.65. The summed E-state index contributed by atoms with van der Waals surface area (Å²) >= 11 is 15.2. The first kappa shape index (κ1) is 21.9. The molecule has 0 atom stereocenters. The number of hydrogen-bond acceptors (Lipinski definition) is 5. The number of aromatic nitrogens is 2. The monoisotopic (exact) mass is 488 g/mol. The summed E-state index contributed by atoms with van der Waals surface area (Å²) in [6.45, 7) is 3.99. The number of hydrogen-bond donors (Lipinski definition) is 1. The summed E-state index contributed by atoms with van der Waals surface area (Å²) < 4.78 is 4.04. The minimum absolute atomic E-state index is 0.182.